The Morgan fingerprint density at radius 2 is 1.73 bits per heavy atom. The number of pyridine rings is 1. The van der Waals surface area contributed by atoms with Crippen LogP contribution in [0, 0.1) is 11.3 Å². The monoisotopic (exact) mass is 571 g/mol. The average molecular weight is 572 g/mol. The molecule has 1 saturated heterocycles. The molecule has 2 heterocycles. The van der Waals surface area contributed by atoms with Crippen LogP contribution in [0.2, 0.25) is 0 Å². The maximum Gasteiger partial charge on any atom is 0.338 e. The van der Waals surface area contributed by atoms with E-state index in [1.165, 1.54) is 24.3 Å². The number of benzene rings is 2. The molecule has 0 bridgehead atoms. The molecule has 9 nitrogen and oxygen atoms in total. The summed E-state index contributed by atoms with van der Waals surface area (Å²) >= 11 is 1.12. The quantitative estimate of drug-likeness (QED) is 0.165. The van der Waals surface area contributed by atoms with Gasteiger partial charge >= 0.3 is 5.97 Å². The molecule has 2 aromatic carbocycles. The highest BCUT2D eigenvalue weighted by atomic mass is 32.2. The molecule has 3 aromatic rings. The third-order valence-corrected chi connectivity index (χ3v) is 7.55. The Morgan fingerprint density at radius 3 is 2.39 bits per heavy atom. The standard InChI is InChI=1S/C31H29N3O6S/c1-3-5-6-23-12-7-22(18-32)29(33-23)41-27-17-28(36)34(30(27)37)24-13-8-21(9-14-24)31(38)40-19-26(35)20-10-15-25(16-11-20)39-4-2/h7-16,27H,3-6,17,19H2,1-2H3. The Bertz CT molecular complexity index is 1480. The van der Waals surface area contributed by atoms with Crippen LogP contribution >= 0.6 is 11.8 Å². The highest BCUT2D eigenvalue weighted by Gasteiger charge is 2.40. The largest absolute Gasteiger partial charge is 0.494 e. The van der Waals surface area contributed by atoms with Crippen molar-refractivity contribution in [3.05, 3.63) is 83.0 Å². The number of hydrogen-bond acceptors (Lipinski definition) is 9. The number of nitrogens with zero attached hydrogens (tertiary/aromatic N) is 3. The molecule has 1 fully saturated rings. The smallest absolute Gasteiger partial charge is 0.338 e. The number of ketones is 1. The second kappa shape index (κ2) is 13.7. The maximum atomic E-state index is 13.2. The molecule has 1 aliphatic heterocycles. The van der Waals surface area contributed by atoms with Crippen LogP contribution in [0.5, 0.6) is 5.75 Å². The number of imide groups is 1. The zero-order valence-corrected chi connectivity index (χ0v) is 23.6. The third-order valence-electron chi connectivity index (χ3n) is 6.37. The molecule has 1 aliphatic rings. The molecule has 1 unspecified atom stereocenters. The van der Waals surface area contributed by atoms with Crippen molar-refractivity contribution in [3.8, 4) is 11.8 Å². The number of nitriles is 1. The summed E-state index contributed by atoms with van der Waals surface area (Å²) in [6.07, 6.45) is 2.70. The predicted molar refractivity (Wildman–Crippen MR) is 153 cm³/mol. The summed E-state index contributed by atoms with van der Waals surface area (Å²) in [5.74, 6) is -1.23. The molecule has 210 valence electrons. The lowest BCUT2D eigenvalue weighted by Gasteiger charge is -2.15. The highest BCUT2D eigenvalue weighted by molar-refractivity contribution is 8.00. The van der Waals surface area contributed by atoms with Crippen molar-refractivity contribution in [1.29, 1.82) is 5.26 Å². The van der Waals surface area contributed by atoms with Crippen molar-refractivity contribution in [3.63, 3.8) is 0 Å². The molecule has 0 saturated carbocycles. The van der Waals surface area contributed by atoms with E-state index in [4.69, 9.17) is 9.47 Å². The Balaban J connectivity index is 1.38. The van der Waals surface area contributed by atoms with E-state index in [0.717, 1.165) is 41.6 Å². The molecule has 0 radical (unpaired) electrons. The highest BCUT2D eigenvalue weighted by Crippen LogP contribution is 2.35. The molecular formula is C31H29N3O6S. The fraction of sp³-hybridized carbons (Fsp3) is 0.290. The van der Waals surface area contributed by atoms with Gasteiger partial charge in [-0.1, -0.05) is 25.1 Å². The van der Waals surface area contributed by atoms with Gasteiger partial charge < -0.3 is 9.47 Å². The summed E-state index contributed by atoms with van der Waals surface area (Å²) in [6.45, 7) is 4.02. The fourth-order valence-electron chi connectivity index (χ4n) is 4.20. The summed E-state index contributed by atoms with van der Waals surface area (Å²) in [5, 5.41) is 9.22. The number of anilines is 1. The molecule has 0 N–H and O–H groups in total. The molecule has 41 heavy (non-hydrogen) atoms. The van der Waals surface area contributed by atoms with Crippen molar-refractivity contribution in [2.45, 2.75) is 49.8 Å². The molecule has 10 heteroatoms. The van der Waals surface area contributed by atoms with E-state index in [0.29, 0.717) is 34.2 Å². The summed E-state index contributed by atoms with van der Waals surface area (Å²) < 4.78 is 10.5. The summed E-state index contributed by atoms with van der Waals surface area (Å²) in [5.41, 5.74) is 2.07. The minimum atomic E-state index is -0.721. The Hall–Kier alpha value is -4.49. The maximum absolute atomic E-state index is 13.2. The normalized spacial score (nSPS) is 14.6. The first-order chi connectivity index (χ1) is 19.8. The number of aryl methyl sites for hydroxylation is 1. The van der Waals surface area contributed by atoms with E-state index in [-0.39, 0.29) is 23.7 Å². The van der Waals surface area contributed by atoms with Crippen LogP contribution in [0.15, 0.2) is 65.7 Å². The molecule has 1 atom stereocenters. The van der Waals surface area contributed by atoms with Crippen molar-refractivity contribution in [1.82, 2.24) is 4.98 Å². The molecule has 0 aliphatic carbocycles. The van der Waals surface area contributed by atoms with Crippen molar-refractivity contribution < 1.29 is 28.7 Å². The van der Waals surface area contributed by atoms with Crippen LogP contribution in [0.1, 0.15) is 65.1 Å². The second-order valence-electron chi connectivity index (χ2n) is 9.25. The van der Waals surface area contributed by atoms with E-state index < -0.39 is 23.7 Å². The first-order valence-corrected chi connectivity index (χ1v) is 14.2. The number of amides is 2. The molecule has 2 amide bonds. The first kappa shape index (κ1) is 29.5. The van der Waals surface area contributed by atoms with Gasteiger partial charge in [0.05, 0.1) is 28.7 Å². The van der Waals surface area contributed by atoms with Crippen molar-refractivity contribution >= 4 is 41.0 Å². The predicted octanol–water partition coefficient (Wildman–Crippen LogP) is 5.16. The molecule has 0 spiro atoms. The number of esters is 1. The zero-order chi connectivity index (χ0) is 29.4. The summed E-state index contributed by atoms with van der Waals surface area (Å²) in [7, 11) is 0. The van der Waals surface area contributed by atoms with Crippen LogP contribution in [-0.4, -0.2) is 47.0 Å². The second-order valence-corrected chi connectivity index (χ2v) is 10.4. The lowest BCUT2D eigenvalue weighted by molar-refractivity contribution is -0.121. The van der Waals surface area contributed by atoms with Gasteiger partial charge in [-0.3, -0.25) is 14.4 Å². The van der Waals surface area contributed by atoms with E-state index in [1.54, 1.807) is 30.3 Å². The number of unbranched alkanes of at least 4 members (excludes halogenated alkanes) is 1. The Morgan fingerprint density at radius 1 is 1.02 bits per heavy atom. The van der Waals surface area contributed by atoms with Gasteiger partial charge in [-0.25, -0.2) is 14.7 Å². The number of ether oxygens (including phenoxy) is 2. The van der Waals surface area contributed by atoms with Crippen LogP contribution in [0.4, 0.5) is 5.69 Å². The number of aromatic nitrogens is 1. The third kappa shape index (κ3) is 7.18. The summed E-state index contributed by atoms with van der Waals surface area (Å²) in [6, 6.07) is 18.0. The van der Waals surface area contributed by atoms with Crippen molar-refractivity contribution in [2.24, 2.45) is 0 Å². The van der Waals surface area contributed by atoms with Gasteiger partial charge in [0, 0.05) is 17.7 Å². The number of carbonyl (C=O) groups is 4. The SMILES string of the molecule is CCCCc1ccc(C#N)c(SC2CC(=O)N(c3ccc(C(=O)OCC(=O)c4ccc(OCC)cc4)cc3)C2=O)n1. The van der Waals surface area contributed by atoms with Gasteiger partial charge in [-0.05, 0) is 80.4 Å². The summed E-state index contributed by atoms with van der Waals surface area (Å²) in [4.78, 5) is 56.6. The van der Waals surface area contributed by atoms with Gasteiger partial charge in [-0.15, -0.1) is 0 Å². The van der Waals surface area contributed by atoms with E-state index in [2.05, 4.69) is 18.0 Å². The van der Waals surface area contributed by atoms with Gasteiger partial charge in [0.1, 0.15) is 16.8 Å². The van der Waals surface area contributed by atoms with Gasteiger partial charge in [0.25, 0.3) is 0 Å². The number of hydrogen-bond donors (Lipinski definition) is 0. The van der Waals surface area contributed by atoms with Crippen molar-refractivity contribution in [2.75, 3.05) is 18.1 Å². The first-order valence-electron chi connectivity index (χ1n) is 13.3. The van der Waals surface area contributed by atoms with Crippen LogP contribution in [0.25, 0.3) is 0 Å². The lowest BCUT2D eigenvalue weighted by atomic mass is 10.1. The minimum Gasteiger partial charge on any atom is -0.494 e. The number of rotatable bonds is 12. The number of Topliss-reactive ketones (excluding diaryl/α,β-unsaturated/α-hetero) is 1. The Labute approximate surface area is 242 Å². The molecule has 4 rings (SSSR count). The Kier molecular flexibility index (Phi) is 9.87. The van der Waals surface area contributed by atoms with Gasteiger partial charge in [0.15, 0.2) is 12.4 Å². The van der Waals surface area contributed by atoms with Crippen LogP contribution in [-0.2, 0) is 20.7 Å². The van der Waals surface area contributed by atoms with E-state index >= 15 is 0 Å². The minimum absolute atomic E-state index is 0.0350. The molecule has 1 aromatic heterocycles. The fourth-order valence-corrected chi connectivity index (χ4v) is 5.31. The number of thioether (sulfide) groups is 1. The van der Waals surface area contributed by atoms with Gasteiger partial charge in [-0.2, -0.15) is 5.26 Å². The average Bonchev–Trinajstić information content (AvgIpc) is 3.27. The van der Waals surface area contributed by atoms with Gasteiger partial charge in [0.2, 0.25) is 11.8 Å². The zero-order valence-electron chi connectivity index (χ0n) is 22.8. The molecular weight excluding hydrogens is 542 g/mol. The van der Waals surface area contributed by atoms with E-state index in [9.17, 15) is 24.4 Å². The lowest BCUT2D eigenvalue weighted by Crippen LogP contribution is -2.31. The topological polar surface area (TPSA) is 127 Å². The van der Waals surface area contributed by atoms with E-state index in [1.807, 2.05) is 13.0 Å². The van der Waals surface area contributed by atoms with Crippen LogP contribution < -0.4 is 9.64 Å². The number of carbonyl (C=O) groups excluding carboxylic acids is 4. The van der Waals surface area contributed by atoms with Crippen LogP contribution in [0.3, 0.4) is 0 Å².